The van der Waals surface area contributed by atoms with E-state index in [2.05, 4.69) is 23.5 Å². The zero-order chi connectivity index (χ0) is 15.6. The van der Waals surface area contributed by atoms with Crippen molar-refractivity contribution in [3.63, 3.8) is 0 Å². The smallest absolute Gasteiger partial charge is 0.384 e. The Balaban J connectivity index is 3.19. The average Bonchev–Trinajstić information content (AvgIpc) is 2.49. The van der Waals surface area contributed by atoms with Crippen LogP contribution in [0.2, 0.25) is 0 Å². The van der Waals surface area contributed by atoms with E-state index in [0.717, 1.165) is 12.8 Å². The van der Waals surface area contributed by atoms with E-state index in [9.17, 15) is 4.79 Å². The molecule has 0 aromatic carbocycles. The normalized spacial score (nSPS) is 10.0. The fraction of sp³-hybridized carbons (Fsp3) is 0.833. The second kappa shape index (κ2) is 17.0. The van der Waals surface area contributed by atoms with Crippen LogP contribution in [-0.4, -0.2) is 24.3 Å². The summed E-state index contributed by atoms with van der Waals surface area (Å²) in [7, 11) is 0. The van der Waals surface area contributed by atoms with Crippen LogP contribution in [0, 0.1) is 11.8 Å². The molecule has 1 N–H and O–H groups in total. The molecule has 0 spiro atoms. The number of aliphatic hydroxyl groups excluding tert-OH is 1. The van der Waals surface area contributed by atoms with Gasteiger partial charge in [-0.25, -0.2) is 4.79 Å². The quantitative estimate of drug-likeness (QED) is 0.239. The van der Waals surface area contributed by atoms with Crippen molar-refractivity contribution in [3.8, 4) is 11.8 Å². The van der Waals surface area contributed by atoms with Gasteiger partial charge in [-0.05, 0) is 6.42 Å². The van der Waals surface area contributed by atoms with Gasteiger partial charge in [0.1, 0.15) is 6.61 Å². The summed E-state index contributed by atoms with van der Waals surface area (Å²) >= 11 is 0. The Hall–Kier alpha value is -1.01. The molecule has 21 heavy (non-hydrogen) atoms. The Bertz CT molecular complexity index is 289. The number of carbonyl (C=O) groups is 1. The van der Waals surface area contributed by atoms with Crippen LogP contribution in [0.3, 0.4) is 0 Å². The summed E-state index contributed by atoms with van der Waals surface area (Å²) < 4.78 is 4.64. The minimum Gasteiger partial charge on any atom is -0.454 e. The lowest BCUT2D eigenvalue weighted by atomic mass is 10.1. The highest BCUT2D eigenvalue weighted by Crippen LogP contribution is 2.11. The van der Waals surface area contributed by atoms with Gasteiger partial charge >= 0.3 is 5.97 Å². The lowest BCUT2D eigenvalue weighted by molar-refractivity contribution is -0.137. The Kier molecular flexibility index (Phi) is 16.2. The van der Waals surface area contributed by atoms with Gasteiger partial charge < -0.3 is 9.84 Å². The summed E-state index contributed by atoms with van der Waals surface area (Å²) in [4.78, 5) is 11.0. The molecule has 0 aliphatic carbocycles. The third-order valence-corrected chi connectivity index (χ3v) is 3.42. The molecule has 0 atom stereocenters. The average molecular weight is 296 g/mol. The first-order valence-corrected chi connectivity index (χ1v) is 8.57. The molecule has 0 unspecified atom stereocenters. The minimum atomic E-state index is -0.535. The predicted molar refractivity (Wildman–Crippen MR) is 86.9 cm³/mol. The molecular formula is C18H32O3. The van der Waals surface area contributed by atoms with Crippen molar-refractivity contribution < 1.29 is 14.6 Å². The van der Waals surface area contributed by atoms with Crippen molar-refractivity contribution in [1.82, 2.24) is 0 Å². The molecule has 0 saturated heterocycles. The first-order chi connectivity index (χ1) is 10.3. The molecule has 0 fully saturated rings. The summed E-state index contributed by atoms with van der Waals surface area (Å²) in [5, 5.41) is 8.47. The van der Waals surface area contributed by atoms with Crippen molar-refractivity contribution in [2.24, 2.45) is 0 Å². The lowest BCUT2D eigenvalue weighted by Crippen LogP contribution is -2.05. The number of aliphatic hydroxyl groups is 1. The minimum absolute atomic E-state index is 0.0337. The molecular weight excluding hydrogens is 264 g/mol. The number of carbonyl (C=O) groups excluding carboxylic acids is 1. The highest BCUT2D eigenvalue weighted by molar-refractivity contribution is 5.88. The monoisotopic (exact) mass is 296 g/mol. The van der Waals surface area contributed by atoms with Gasteiger partial charge in [-0.3, -0.25) is 0 Å². The van der Waals surface area contributed by atoms with Crippen LogP contribution in [-0.2, 0) is 9.53 Å². The highest BCUT2D eigenvalue weighted by atomic mass is 16.5. The molecule has 0 aromatic heterocycles. The molecule has 122 valence electrons. The Morgan fingerprint density at radius 2 is 1.43 bits per heavy atom. The predicted octanol–water partition coefficient (Wildman–Crippen LogP) is 4.23. The van der Waals surface area contributed by atoms with Crippen molar-refractivity contribution in [1.29, 1.82) is 0 Å². The zero-order valence-electron chi connectivity index (χ0n) is 13.7. The van der Waals surface area contributed by atoms with Crippen LogP contribution < -0.4 is 0 Å². The van der Waals surface area contributed by atoms with Crippen molar-refractivity contribution in [3.05, 3.63) is 0 Å². The van der Waals surface area contributed by atoms with Gasteiger partial charge in [0.15, 0.2) is 0 Å². The number of unbranched alkanes of at least 4 members (excludes halogenated alkanes) is 11. The fourth-order valence-corrected chi connectivity index (χ4v) is 2.19. The summed E-state index contributed by atoms with van der Waals surface area (Å²) in [5.41, 5.74) is 0. The largest absolute Gasteiger partial charge is 0.454 e. The van der Waals surface area contributed by atoms with Crippen LogP contribution in [0.5, 0.6) is 0 Å². The Labute approximate surface area is 130 Å². The molecule has 3 nitrogen and oxygen atoms in total. The third-order valence-electron chi connectivity index (χ3n) is 3.42. The molecule has 0 bridgehead atoms. The second-order valence-corrected chi connectivity index (χ2v) is 5.45. The maximum Gasteiger partial charge on any atom is 0.384 e. The molecule has 3 heteroatoms. The van der Waals surface area contributed by atoms with E-state index in [4.69, 9.17) is 5.11 Å². The summed E-state index contributed by atoms with van der Waals surface area (Å²) in [6.07, 6.45) is 15.2. The third kappa shape index (κ3) is 16.9. The lowest BCUT2D eigenvalue weighted by Gasteiger charge is -2.01. The van der Waals surface area contributed by atoms with Crippen LogP contribution in [0.25, 0.3) is 0 Å². The van der Waals surface area contributed by atoms with E-state index in [1.54, 1.807) is 0 Å². The van der Waals surface area contributed by atoms with Crippen molar-refractivity contribution in [2.45, 2.75) is 84.0 Å². The number of ether oxygens (including phenoxy) is 1. The molecule has 0 rings (SSSR count). The van der Waals surface area contributed by atoms with Crippen molar-refractivity contribution in [2.75, 3.05) is 13.2 Å². The SMILES string of the molecule is CCCCCCCCCCCCCC#CC(=O)OCCO. The number of hydrogen-bond acceptors (Lipinski definition) is 3. The van der Waals surface area contributed by atoms with Crippen LogP contribution >= 0.6 is 0 Å². The maximum absolute atomic E-state index is 11.0. The van der Waals surface area contributed by atoms with E-state index >= 15 is 0 Å². The van der Waals surface area contributed by atoms with E-state index < -0.39 is 5.97 Å². The molecule has 0 heterocycles. The van der Waals surface area contributed by atoms with Gasteiger partial charge in [0, 0.05) is 12.3 Å². The maximum atomic E-state index is 11.0. The fourth-order valence-electron chi connectivity index (χ4n) is 2.19. The van der Waals surface area contributed by atoms with Crippen LogP contribution in [0.4, 0.5) is 0 Å². The van der Waals surface area contributed by atoms with Gasteiger partial charge in [0.05, 0.1) is 6.61 Å². The van der Waals surface area contributed by atoms with Crippen molar-refractivity contribution >= 4 is 5.97 Å². The Morgan fingerprint density at radius 1 is 0.905 bits per heavy atom. The molecule has 0 aromatic rings. The van der Waals surface area contributed by atoms with Gasteiger partial charge in [-0.1, -0.05) is 77.1 Å². The van der Waals surface area contributed by atoms with E-state index in [1.807, 2.05) is 0 Å². The Morgan fingerprint density at radius 3 is 1.95 bits per heavy atom. The van der Waals surface area contributed by atoms with Gasteiger partial charge in [-0.2, -0.15) is 0 Å². The van der Waals surface area contributed by atoms with E-state index in [1.165, 1.54) is 64.2 Å². The standard InChI is InChI=1S/C18H32O3/c1-2-3-4-5-6-7-8-9-10-11-12-13-14-15-18(20)21-17-16-19/h19H,2-13,16-17H2,1H3. The van der Waals surface area contributed by atoms with Gasteiger partial charge in [-0.15, -0.1) is 0 Å². The zero-order valence-corrected chi connectivity index (χ0v) is 13.7. The van der Waals surface area contributed by atoms with Crippen LogP contribution in [0.15, 0.2) is 0 Å². The summed E-state index contributed by atoms with van der Waals surface area (Å²) in [5.74, 6) is 4.71. The number of rotatable bonds is 13. The summed E-state index contributed by atoms with van der Waals surface area (Å²) in [6.45, 7) is 2.14. The molecule has 0 aliphatic heterocycles. The molecule has 0 radical (unpaired) electrons. The topological polar surface area (TPSA) is 46.5 Å². The highest BCUT2D eigenvalue weighted by Gasteiger charge is 1.95. The molecule has 0 amide bonds. The molecule has 0 saturated carbocycles. The first kappa shape index (κ1) is 20.0. The molecule has 0 aliphatic rings. The first-order valence-electron chi connectivity index (χ1n) is 8.57. The second-order valence-electron chi connectivity index (χ2n) is 5.45. The number of esters is 1. The van der Waals surface area contributed by atoms with E-state index in [0.29, 0.717) is 0 Å². The van der Waals surface area contributed by atoms with Gasteiger partial charge in [0.2, 0.25) is 0 Å². The van der Waals surface area contributed by atoms with Crippen LogP contribution in [0.1, 0.15) is 84.0 Å². The summed E-state index contributed by atoms with van der Waals surface area (Å²) in [6, 6.07) is 0. The van der Waals surface area contributed by atoms with E-state index in [-0.39, 0.29) is 13.2 Å². The number of hydrogen-bond donors (Lipinski definition) is 1. The van der Waals surface area contributed by atoms with Gasteiger partial charge in [0.25, 0.3) is 0 Å².